The Labute approximate surface area is 118 Å². The molecule has 0 aliphatic carbocycles. The summed E-state index contributed by atoms with van der Waals surface area (Å²) in [6, 6.07) is 0. The topological polar surface area (TPSA) is 66.7 Å². The van der Waals surface area contributed by atoms with E-state index in [1.54, 1.807) is 16.8 Å². The van der Waals surface area contributed by atoms with Crippen molar-refractivity contribution in [1.82, 2.24) is 15.0 Å². The van der Waals surface area contributed by atoms with Gasteiger partial charge in [0.25, 0.3) is 0 Å². The average Bonchev–Trinajstić information content (AvgIpc) is 2.73. The molecule has 2 heterocycles. The van der Waals surface area contributed by atoms with Crippen LogP contribution in [0.2, 0.25) is 0 Å². The minimum absolute atomic E-state index is 0.0553. The maximum atomic E-state index is 12.2. The van der Waals surface area contributed by atoms with Gasteiger partial charge in [0.2, 0.25) is 11.8 Å². The highest BCUT2D eigenvalue weighted by Gasteiger charge is 2.23. The molecule has 1 aromatic heterocycles. The molecule has 1 aliphatic heterocycles. The van der Waals surface area contributed by atoms with E-state index in [9.17, 15) is 9.59 Å². The lowest BCUT2D eigenvalue weighted by molar-refractivity contribution is -0.141. The third kappa shape index (κ3) is 3.18. The molecule has 0 unspecified atom stereocenters. The van der Waals surface area contributed by atoms with Crippen LogP contribution in [0.1, 0.15) is 36.3 Å². The van der Waals surface area contributed by atoms with E-state index in [-0.39, 0.29) is 18.4 Å². The number of aryl methyl sites for hydroxylation is 2. The fraction of sp³-hybridized carbons (Fsp3) is 0.643. The Morgan fingerprint density at radius 2 is 2.15 bits per heavy atom. The maximum absolute atomic E-state index is 12.2. The summed E-state index contributed by atoms with van der Waals surface area (Å²) in [5, 5.41) is 3.88. The quantitative estimate of drug-likeness (QED) is 0.832. The SMILES string of the molecule is Cc1noc(C)c1CN(C)C(=O)CN1CCCCC1=O. The highest BCUT2D eigenvalue weighted by molar-refractivity contribution is 5.85. The van der Waals surface area contributed by atoms with E-state index in [0.29, 0.717) is 19.5 Å². The molecular weight excluding hydrogens is 258 g/mol. The van der Waals surface area contributed by atoms with Gasteiger partial charge in [-0.15, -0.1) is 0 Å². The number of hydrogen-bond acceptors (Lipinski definition) is 4. The molecule has 1 aliphatic rings. The number of likely N-dealkylation sites (N-methyl/N-ethyl adjacent to an activating group) is 1. The standard InChI is InChI=1S/C14H21N3O3/c1-10-12(11(2)20-15-10)8-16(3)14(19)9-17-7-5-4-6-13(17)18/h4-9H2,1-3H3. The van der Waals surface area contributed by atoms with Crippen molar-refractivity contribution >= 4 is 11.8 Å². The summed E-state index contributed by atoms with van der Waals surface area (Å²) in [5.74, 6) is 0.756. The number of carbonyl (C=O) groups is 2. The minimum Gasteiger partial charge on any atom is -0.361 e. The van der Waals surface area contributed by atoms with Gasteiger partial charge in [-0.25, -0.2) is 0 Å². The van der Waals surface area contributed by atoms with Crippen molar-refractivity contribution in [2.75, 3.05) is 20.1 Å². The van der Waals surface area contributed by atoms with Crippen molar-refractivity contribution in [3.63, 3.8) is 0 Å². The van der Waals surface area contributed by atoms with E-state index in [1.165, 1.54) is 0 Å². The summed E-state index contributed by atoms with van der Waals surface area (Å²) in [5.41, 5.74) is 1.74. The van der Waals surface area contributed by atoms with Crippen LogP contribution in [-0.4, -0.2) is 46.9 Å². The molecule has 0 aromatic carbocycles. The van der Waals surface area contributed by atoms with Crippen LogP contribution in [0.5, 0.6) is 0 Å². The van der Waals surface area contributed by atoms with Gasteiger partial charge < -0.3 is 14.3 Å². The lowest BCUT2D eigenvalue weighted by Gasteiger charge is -2.28. The van der Waals surface area contributed by atoms with Crippen molar-refractivity contribution in [3.05, 3.63) is 17.0 Å². The maximum Gasteiger partial charge on any atom is 0.242 e. The molecule has 1 saturated heterocycles. The molecule has 0 saturated carbocycles. The molecule has 0 atom stereocenters. The third-order valence-electron chi connectivity index (χ3n) is 3.75. The van der Waals surface area contributed by atoms with E-state index in [1.807, 2.05) is 13.8 Å². The molecular formula is C14H21N3O3. The molecule has 1 fully saturated rings. The van der Waals surface area contributed by atoms with Crippen molar-refractivity contribution in [3.8, 4) is 0 Å². The molecule has 1 aromatic rings. The molecule has 20 heavy (non-hydrogen) atoms. The van der Waals surface area contributed by atoms with E-state index in [0.717, 1.165) is 29.9 Å². The van der Waals surface area contributed by atoms with Crippen LogP contribution < -0.4 is 0 Å². The summed E-state index contributed by atoms with van der Waals surface area (Å²) in [6.45, 7) is 5.00. The predicted octanol–water partition coefficient (Wildman–Crippen LogP) is 1.26. The number of nitrogens with zero attached hydrogens (tertiary/aromatic N) is 3. The van der Waals surface area contributed by atoms with Crippen LogP contribution >= 0.6 is 0 Å². The Kier molecular flexibility index (Phi) is 4.42. The Hall–Kier alpha value is -1.85. The van der Waals surface area contributed by atoms with Crippen LogP contribution in [0.3, 0.4) is 0 Å². The van der Waals surface area contributed by atoms with E-state index < -0.39 is 0 Å². The van der Waals surface area contributed by atoms with E-state index in [4.69, 9.17) is 4.52 Å². The monoisotopic (exact) mass is 279 g/mol. The molecule has 0 N–H and O–H groups in total. The summed E-state index contributed by atoms with van der Waals surface area (Å²) < 4.78 is 5.09. The van der Waals surface area contributed by atoms with Gasteiger partial charge >= 0.3 is 0 Å². The van der Waals surface area contributed by atoms with Crippen LogP contribution in [0.4, 0.5) is 0 Å². The van der Waals surface area contributed by atoms with Crippen molar-refractivity contribution in [1.29, 1.82) is 0 Å². The second-order valence-corrected chi connectivity index (χ2v) is 5.32. The molecule has 6 heteroatoms. The summed E-state index contributed by atoms with van der Waals surface area (Å²) in [4.78, 5) is 27.2. The molecule has 0 spiro atoms. The number of piperidine rings is 1. The Balaban J connectivity index is 1.93. The number of likely N-dealkylation sites (tertiary alicyclic amines) is 1. The number of rotatable bonds is 4. The van der Waals surface area contributed by atoms with Gasteiger partial charge in [-0.3, -0.25) is 9.59 Å². The lowest BCUT2D eigenvalue weighted by Crippen LogP contribution is -2.43. The highest BCUT2D eigenvalue weighted by atomic mass is 16.5. The first kappa shape index (κ1) is 14.6. The van der Waals surface area contributed by atoms with Gasteiger partial charge in [0.1, 0.15) is 5.76 Å². The van der Waals surface area contributed by atoms with Gasteiger partial charge in [-0.05, 0) is 26.7 Å². The summed E-state index contributed by atoms with van der Waals surface area (Å²) in [6.07, 6.45) is 2.46. The van der Waals surface area contributed by atoms with Crippen molar-refractivity contribution < 1.29 is 14.1 Å². The lowest BCUT2D eigenvalue weighted by atomic mass is 10.1. The van der Waals surface area contributed by atoms with Gasteiger partial charge in [0.05, 0.1) is 18.8 Å². The molecule has 2 amide bonds. The van der Waals surface area contributed by atoms with Crippen LogP contribution in [0.25, 0.3) is 0 Å². The molecule has 0 radical (unpaired) electrons. The van der Waals surface area contributed by atoms with E-state index in [2.05, 4.69) is 5.16 Å². The van der Waals surface area contributed by atoms with Crippen molar-refractivity contribution in [2.45, 2.75) is 39.7 Å². The van der Waals surface area contributed by atoms with Gasteiger partial charge in [-0.2, -0.15) is 0 Å². The Morgan fingerprint density at radius 1 is 1.40 bits per heavy atom. The second kappa shape index (κ2) is 6.07. The zero-order chi connectivity index (χ0) is 14.7. The molecule has 110 valence electrons. The molecule has 6 nitrogen and oxygen atoms in total. The van der Waals surface area contributed by atoms with Crippen LogP contribution in [0, 0.1) is 13.8 Å². The molecule has 0 bridgehead atoms. The largest absolute Gasteiger partial charge is 0.361 e. The number of amides is 2. The summed E-state index contributed by atoms with van der Waals surface area (Å²) in [7, 11) is 1.74. The fourth-order valence-electron chi connectivity index (χ4n) is 2.37. The summed E-state index contributed by atoms with van der Waals surface area (Å²) >= 11 is 0. The first-order valence-electron chi connectivity index (χ1n) is 6.92. The van der Waals surface area contributed by atoms with Gasteiger partial charge in [-0.1, -0.05) is 5.16 Å². The number of carbonyl (C=O) groups excluding carboxylic acids is 2. The second-order valence-electron chi connectivity index (χ2n) is 5.32. The Morgan fingerprint density at radius 3 is 2.75 bits per heavy atom. The smallest absolute Gasteiger partial charge is 0.242 e. The highest BCUT2D eigenvalue weighted by Crippen LogP contribution is 2.15. The zero-order valence-electron chi connectivity index (χ0n) is 12.3. The Bertz CT molecular complexity index is 490. The first-order valence-corrected chi connectivity index (χ1v) is 6.92. The fourth-order valence-corrected chi connectivity index (χ4v) is 2.37. The first-order chi connectivity index (χ1) is 9.49. The minimum atomic E-state index is -0.0553. The number of hydrogen-bond donors (Lipinski definition) is 0. The van der Waals surface area contributed by atoms with Crippen molar-refractivity contribution in [2.24, 2.45) is 0 Å². The van der Waals surface area contributed by atoms with Crippen LogP contribution in [-0.2, 0) is 16.1 Å². The van der Waals surface area contributed by atoms with Gasteiger partial charge in [0, 0.05) is 25.6 Å². The normalized spacial score (nSPS) is 15.6. The molecule has 2 rings (SSSR count). The van der Waals surface area contributed by atoms with Gasteiger partial charge in [0.15, 0.2) is 0 Å². The van der Waals surface area contributed by atoms with Crippen LogP contribution in [0.15, 0.2) is 4.52 Å². The zero-order valence-corrected chi connectivity index (χ0v) is 12.3. The predicted molar refractivity (Wildman–Crippen MR) is 72.9 cm³/mol. The number of aromatic nitrogens is 1. The van der Waals surface area contributed by atoms with E-state index >= 15 is 0 Å². The average molecular weight is 279 g/mol. The third-order valence-corrected chi connectivity index (χ3v) is 3.75.